The average molecular weight is 312 g/mol. The van der Waals surface area contributed by atoms with Crippen LogP contribution >= 0.6 is 0 Å². The standard InChI is InChI=1S/C14H14F2N2O2S/c1-8-5-11(17)7-14(9(8)2)21(19,20)18-13-4-3-10(15)6-12(13)16/h3-7,18H,17H2,1-2H3. The van der Waals surface area contributed by atoms with Gasteiger partial charge in [-0.25, -0.2) is 17.2 Å². The first-order valence-corrected chi connectivity index (χ1v) is 7.53. The number of nitrogens with one attached hydrogen (secondary N) is 1. The maximum atomic E-state index is 13.6. The molecule has 0 saturated heterocycles. The molecule has 0 aromatic heterocycles. The van der Waals surface area contributed by atoms with Gasteiger partial charge in [0.25, 0.3) is 10.0 Å². The molecule has 0 spiro atoms. The second-order valence-electron chi connectivity index (χ2n) is 4.69. The van der Waals surface area contributed by atoms with Gasteiger partial charge in [-0.15, -0.1) is 0 Å². The molecule has 0 fully saturated rings. The number of sulfonamides is 1. The van der Waals surface area contributed by atoms with Gasteiger partial charge in [-0.2, -0.15) is 0 Å². The van der Waals surface area contributed by atoms with E-state index in [1.54, 1.807) is 19.9 Å². The second kappa shape index (κ2) is 5.33. The van der Waals surface area contributed by atoms with E-state index in [1.807, 2.05) is 0 Å². The summed E-state index contributed by atoms with van der Waals surface area (Å²) in [5.41, 5.74) is 6.84. The number of benzene rings is 2. The number of hydrogen-bond acceptors (Lipinski definition) is 3. The van der Waals surface area contributed by atoms with Crippen molar-refractivity contribution in [3.05, 3.63) is 53.1 Å². The zero-order valence-electron chi connectivity index (χ0n) is 11.4. The van der Waals surface area contributed by atoms with Crippen LogP contribution in [0.1, 0.15) is 11.1 Å². The molecular formula is C14H14F2N2O2S. The van der Waals surface area contributed by atoms with Gasteiger partial charge in [0.05, 0.1) is 10.6 Å². The van der Waals surface area contributed by atoms with Crippen molar-refractivity contribution >= 4 is 21.4 Å². The van der Waals surface area contributed by atoms with Crippen LogP contribution in [0.4, 0.5) is 20.2 Å². The van der Waals surface area contributed by atoms with E-state index < -0.39 is 21.7 Å². The Balaban J connectivity index is 2.48. The first-order valence-electron chi connectivity index (χ1n) is 6.05. The number of halogens is 2. The number of rotatable bonds is 3. The summed E-state index contributed by atoms with van der Waals surface area (Å²) in [7, 11) is -4.02. The lowest BCUT2D eigenvalue weighted by molar-refractivity contribution is 0.582. The fourth-order valence-electron chi connectivity index (χ4n) is 1.90. The van der Waals surface area contributed by atoms with Crippen molar-refractivity contribution in [1.82, 2.24) is 0 Å². The van der Waals surface area contributed by atoms with Crippen LogP contribution in [0.5, 0.6) is 0 Å². The molecule has 0 aliphatic rings. The highest BCUT2D eigenvalue weighted by Gasteiger charge is 2.20. The van der Waals surface area contributed by atoms with Crippen LogP contribution in [0.2, 0.25) is 0 Å². The highest BCUT2D eigenvalue weighted by atomic mass is 32.2. The van der Waals surface area contributed by atoms with Crippen molar-refractivity contribution in [2.75, 3.05) is 10.5 Å². The lowest BCUT2D eigenvalue weighted by Crippen LogP contribution is -2.16. The summed E-state index contributed by atoms with van der Waals surface area (Å²) in [5, 5.41) is 0. The van der Waals surface area contributed by atoms with E-state index in [-0.39, 0.29) is 16.3 Å². The van der Waals surface area contributed by atoms with E-state index in [9.17, 15) is 17.2 Å². The third kappa shape index (κ3) is 3.13. The summed E-state index contributed by atoms with van der Waals surface area (Å²) in [5.74, 6) is -1.77. The molecule has 112 valence electrons. The molecule has 2 aromatic rings. The molecule has 0 unspecified atom stereocenters. The Bertz CT molecular complexity index is 805. The minimum absolute atomic E-state index is 0.0382. The molecule has 0 heterocycles. The minimum Gasteiger partial charge on any atom is -0.399 e. The number of hydrogen-bond donors (Lipinski definition) is 2. The normalized spacial score (nSPS) is 11.4. The molecule has 0 radical (unpaired) electrons. The second-order valence-corrected chi connectivity index (χ2v) is 6.34. The van der Waals surface area contributed by atoms with Gasteiger partial charge in [0, 0.05) is 11.8 Å². The first kappa shape index (κ1) is 15.2. The first-order chi connectivity index (χ1) is 9.70. The van der Waals surface area contributed by atoms with Crippen LogP contribution in [0.15, 0.2) is 35.2 Å². The molecule has 0 aliphatic heterocycles. The van der Waals surface area contributed by atoms with E-state index in [0.29, 0.717) is 17.2 Å². The number of nitrogen functional groups attached to an aromatic ring is 1. The Labute approximate surface area is 121 Å². The molecule has 2 rings (SSSR count). The van der Waals surface area contributed by atoms with E-state index in [4.69, 9.17) is 5.73 Å². The van der Waals surface area contributed by atoms with Crippen LogP contribution in [0.3, 0.4) is 0 Å². The summed E-state index contributed by atoms with van der Waals surface area (Å²) >= 11 is 0. The Morgan fingerprint density at radius 1 is 1.10 bits per heavy atom. The predicted molar refractivity (Wildman–Crippen MR) is 77.5 cm³/mol. The molecule has 4 nitrogen and oxygen atoms in total. The molecule has 0 aliphatic carbocycles. The average Bonchev–Trinajstić information content (AvgIpc) is 2.37. The van der Waals surface area contributed by atoms with Gasteiger partial charge in [0.15, 0.2) is 0 Å². The predicted octanol–water partition coefficient (Wildman–Crippen LogP) is 2.96. The van der Waals surface area contributed by atoms with Crippen molar-refractivity contribution < 1.29 is 17.2 Å². The summed E-state index contributed by atoms with van der Waals surface area (Å²) < 4.78 is 53.2. The van der Waals surface area contributed by atoms with E-state index in [1.165, 1.54) is 6.07 Å². The van der Waals surface area contributed by atoms with Crippen LogP contribution < -0.4 is 10.5 Å². The largest absolute Gasteiger partial charge is 0.399 e. The van der Waals surface area contributed by atoms with Crippen LogP contribution in [0.25, 0.3) is 0 Å². The summed E-state index contributed by atoms with van der Waals surface area (Å²) in [6, 6.07) is 5.54. The molecular weight excluding hydrogens is 298 g/mol. The maximum Gasteiger partial charge on any atom is 0.262 e. The topological polar surface area (TPSA) is 72.2 Å². The summed E-state index contributed by atoms with van der Waals surface area (Å²) in [4.78, 5) is -0.0382. The van der Waals surface area contributed by atoms with Gasteiger partial charge < -0.3 is 5.73 Å². The number of aryl methyl sites for hydroxylation is 1. The molecule has 21 heavy (non-hydrogen) atoms. The fraction of sp³-hybridized carbons (Fsp3) is 0.143. The van der Waals surface area contributed by atoms with Gasteiger partial charge in [0.2, 0.25) is 0 Å². The van der Waals surface area contributed by atoms with E-state index in [0.717, 1.165) is 12.1 Å². The SMILES string of the molecule is Cc1cc(N)cc(S(=O)(=O)Nc2ccc(F)cc2F)c1C. The Hall–Kier alpha value is -2.15. The van der Waals surface area contributed by atoms with Gasteiger partial charge in [-0.05, 0) is 49.2 Å². The van der Waals surface area contributed by atoms with Crippen molar-refractivity contribution in [3.63, 3.8) is 0 Å². The summed E-state index contributed by atoms with van der Waals surface area (Å²) in [6.07, 6.45) is 0. The quantitative estimate of drug-likeness (QED) is 0.856. The maximum absolute atomic E-state index is 13.6. The highest BCUT2D eigenvalue weighted by Crippen LogP contribution is 2.25. The third-order valence-corrected chi connectivity index (χ3v) is 4.60. The molecule has 0 amide bonds. The van der Waals surface area contributed by atoms with Crippen LogP contribution in [0, 0.1) is 25.5 Å². The van der Waals surface area contributed by atoms with Crippen molar-refractivity contribution in [2.24, 2.45) is 0 Å². The molecule has 0 atom stereocenters. The van der Waals surface area contributed by atoms with Crippen molar-refractivity contribution in [1.29, 1.82) is 0 Å². The van der Waals surface area contributed by atoms with E-state index >= 15 is 0 Å². The van der Waals surface area contributed by atoms with Gasteiger partial charge >= 0.3 is 0 Å². The number of nitrogens with two attached hydrogens (primary N) is 1. The lowest BCUT2D eigenvalue weighted by Gasteiger charge is -2.13. The summed E-state index contributed by atoms with van der Waals surface area (Å²) in [6.45, 7) is 3.35. The fourth-order valence-corrected chi connectivity index (χ4v) is 3.33. The highest BCUT2D eigenvalue weighted by molar-refractivity contribution is 7.92. The Kier molecular flexibility index (Phi) is 3.87. The van der Waals surface area contributed by atoms with Crippen molar-refractivity contribution in [2.45, 2.75) is 18.7 Å². The third-order valence-electron chi connectivity index (χ3n) is 3.11. The van der Waals surface area contributed by atoms with Crippen LogP contribution in [-0.4, -0.2) is 8.42 Å². The van der Waals surface area contributed by atoms with Crippen molar-refractivity contribution in [3.8, 4) is 0 Å². The molecule has 0 saturated carbocycles. The Morgan fingerprint density at radius 3 is 2.38 bits per heavy atom. The monoisotopic (exact) mass is 312 g/mol. The molecule has 7 heteroatoms. The molecule has 3 N–H and O–H groups in total. The molecule has 2 aromatic carbocycles. The van der Waals surface area contributed by atoms with Gasteiger partial charge in [-0.3, -0.25) is 4.72 Å². The Morgan fingerprint density at radius 2 is 1.76 bits per heavy atom. The van der Waals surface area contributed by atoms with Crippen LogP contribution in [-0.2, 0) is 10.0 Å². The van der Waals surface area contributed by atoms with Gasteiger partial charge in [0.1, 0.15) is 11.6 Å². The lowest BCUT2D eigenvalue weighted by atomic mass is 10.1. The molecule has 0 bridgehead atoms. The van der Waals surface area contributed by atoms with E-state index in [2.05, 4.69) is 4.72 Å². The van der Waals surface area contributed by atoms with Gasteiger partial charge in [-0.1, -0.05) is 0 Å². The minimum atomic E-state index is -4.02. The smallest absolute Gasteiger partial charge is 0.262 e. The zero-order valence-corrected chi connectivity index (χ0v) is 12.3. The zero-order chi connectivity index (χ0) is 15.8. The number of anilines is 2.